The van der Waals surface area contributed by atoms with E-state index in [1.54, 1.807) is 42.5 Å². The minimum absolute atomic E-state index is 0.117. The van der Waals surface area contributed by atoms with Crippen LogP contribution in [0.15, 0.2) is 89.5 Å². The number of nitrogens with zero attached hydrogens (tertiary/aromatic N) is 2. The molecule has 0 saturated heterocycles. The molecule has 38 heavy (non-hydrogen) atoms. The first kappa shape index (κ1) is 26.8. The molecule has 10 heteroatoms. The molecule has 0 radical (unpaired) electrons. The number of hydrogen-bond donors (Lipinski definition) is 3. The second kappa shape index (κ2) is 12.8. The topological polar surface area (TPSA) is 113 Å². The number of rotatable bonds is 9. The van der Waals surface area contributed by atoms with Crippen molar-refractivity contribution < 1.29 is 14.4 Å². The Hall–Kier alpha value is -4.28. The van der Waals surface area contributed by atoms with Gasteiger partial charge in [-0.15, -0.1) is 22.0 Å². The third-order valence-corrected chi connectivity index (χ3v) is 6.90. The van der Waals surface area contributed by atoms with Crippen LogP contribution in [0.1, 0.15) is 26.5 Å². The largest absolute Gasteiger partial charge is 0.321 e. The number of anilines is 2. The van der Waals surface area contributed by atoms with Gasteiger partial charge in [-0.05, 0) is 61.9 Å². The van der Waals surface area contributed by atoms with Crippen LogP contribution in [0.2, 0.25) is 0 Å². The molecule has 0 unspecified atom stereocenters. The quantitative estimate of drug-likeness (QED) is 0.195. The lowest BCUT2D eigenvalue weighted by atomic mass is 10.1. The first-order chi connectivity index (χ1) is 18.4. The van der Waals surface area contributed by atoms with Crippen LogP contribution in [0, 0.1) is 13.8 Å². The van der Waals surface area contributed by atoms with E-state index in [9.17, 15) is 14.4 Å². The van der Waals surface area contributed by atoms with E-state index >= 15 is 0 Å². The van der Waals surface area contributed by atoms with Gasteiger partial charge < -0.3 is 10.6 Å². The van der Waals surface area contributed by atoms with Crippen LogP contribution in [-0.2, 0) is 9.59 Å². The lowest BCUT2D eigenvalue weighted by Gasteiger charge is -2.12. The number of amides is 3. The number of carbonyl (C=O) groups excluding carboxylic acids is 3. The van der Waals surface area contributed by atoms with Gasteiger partial charge in [0, 0.05) is 16.1 Å². The van der Waals surface area contributed by atoms with E-state index in [-0.39, 0.29) is 23.3 Å². The third kappa shape index (κ3) is 7.86. The SMILES string of the molecule is Cc1cccc(/C=C(\NC(=O)c2ccccc2)C(=O)Nc2ccc(SCC(=O)Nc3nnc(C)s3)cc2)c1. The maximum Gasteiger partial charge on any atom is 0.272 e. The van der Waals surface area contributed by atoms with E-state index in [1.165, 1.54) is 23.1 Å². The van der Waals surface area contributed by atoms with Crippen LogP contribution in [0.4, 0.5) is 10.8 Å². The molecular formula is C28H25N5O3S2. The van der Waals surface area contributed by atoms with Gasteiger partial charge in [0.25, 0.3) is 11.8 Å². The van der Waals surface area contributed by atoms with Crippen molar-refractivity contribution in [2.24, 2.45) is 0 Å². The fourth-order valence-electron chi connectivity index (χ4n) is 3.35. The van der Waals surface area contributed by atoms with Gasteiger partial charge in [0.2, 0.25) is 11.0 Å². The lowest BCUT2D eigenvalue weighted by Crippen LogP contribution is -2.30. The Balaban J connectivity index is 1.41. The predicted molar refractivity (Wildman–Crippen MR) is 152 cm³/mol. The number of carbonyl (C=O) groups is 3. The third-order valence-electron chi connectivity index (χ3n) is 5.14. The average molecular weight is 544 g/mol. The number of thioether (sulfide) groups is 1. The smallest absolute Gasteiger partial charge is 0.272 e. The van der Waals surface area contributed by atoms with E-state index in [2.05, 4.69) is 26.1 Å². The normalized spacial score (nSPS) is 11.1. The van der Waals surface area contributed by atoms with Crippen molar-refractivity contribution in [2.75, 3.05) is 16.4 Å². The van der Waals surface area contributed by atoms with E-state index in [1.807, 2.05) is 56.3 Å². The van der Waals surface area contributed by atoms with Crippen LogP contribution in [0.5, 0.6) is 0 Å². The summed E-state index contributed by atoms with van der Waals surface area (Å²) in [7, 11) is 0. The van der Waals surface area contributed by atoms with Crippen molar-refractivity contribution in [1.29, 1.82) is 0 Å². The fraction of sp³-hybridized carbons (Fsp3) is 0.107. The second-order valence-corrected chi connectivity index (χ2v) is 10.5. The van der Waals surface area contributed by atoms with Gasteiger partial charge in [-0.2, -0.15) is 0 Å². The molecule has 4 rings (SSSR count). The Morgan fingerprint density at radius 1 is 0.895 bits per heavy atom. The zero-order valence-electron chi connectivity index (χ0n) is 20.7. The summed E-state index contributed by atoms with van der Waals surface area (Å²) in [5.41, 5.74) is 2.94. The Kier molecular flexibility index (Phi) is 9.02. The van der Waals surface area contributed by atoms with Gasteiger partial charge in [-0.25, -0.2) is 0 Å². The summed E-state index contributed by atoms with van der Waals surface area (Å²) in [6.45, 7) is 3.78. The van der Waals surface area contributed by atoms with Crippen molar-refractivity contribution in [3.8, 4) is 0 Å². The van der Waals surface area contributed by atoms with Crippen LogP contribution < -0.4 is 16.0 Å². The zero-order valence-corrected chi connectivity index (χ0v) is 22.4. The van der Waals surface area contributed by atoms with Crippen molar-refractivity contribution in [3.05, 3.63) is 106 Å². The molecule has 3 N–H and O–H groups in total. The summed E-state index contributed by atoms with van der Waals surface area (Å²) in [6.07, 6.45) is 1.64. The van der Waals surface area contributed by atoms with Crippen molar-refractivity contribution >= 4 is 57.7 Å². The Morgan fingerprint density at radius 2 is 1.66 bits per heavy atom. The molecule has 0 spiro atoms. The van der Waals surface area contributed by atoms with Crippen LogP contribution in [0.3, 0.4) is 0 Å². The summed E-state index contributed by atoms with van der Waals surface area (Å²) in [6, 6.07) is 23.5. The molecule has 3 aromatic carbocycles. The van der Waals surface area contributed by atoms with E-state index < -0.39 is 5.91 Å². The standard InChI is InChI=1S/C28H25N5O3S2/c1-18-7-6-8-20(15-18)16-24(30-26(35)21-9-4-3-5-10-21)27(36)29-22-11-13-23(14-12-22)37-17-25(34)31-28-33-32-19(2)38-28/h3-16H,17H2,1-2H3,(H,29,36)(H,30,35)(H,31,33,34)/b24-16-. The highest BCUT2D eigenvalue weighted by Gasteiger charge is 2.15. The Labute approximate surface area is 228 Å². The maximum absolute atomic E-state index is 13.2. The van der Waals surface area contributed by atoms with Crippen molar-refractivity contribution in [1.82, 2.24) is 15.5 Å². The van der Waals surface area contributed by atoms with Crippen molar-refractivity contribution in [3.63, 3.8) is 0 Å². The molecule has 4 aromatic rings. The zero-order chi connectivity index (χ0) is 26.9. The van der Waals surface area contributed by atoms with Crippen LogP contribution in [-0.4, -0.2) is 33.7 Å². The summed E-state index contributed by atoms with van der Waals surface area (Å²) in [4.78, 5) is 39.0. The monoisotopic (exact) mass is 543 g/mol. The van der Waals surface area contributed by atoms with Crippen LogP contribution >= 0.6 is 23.1 Å². The highest BCUT2D eigenvalue weighted by molar-refractivity contribution is 8.00. The molecule has 1 aromatic heterocycles. The first-order valence-electron chi connectivity index (χ1n) is 11.6. The van der Waals surface area contributed by atoms with E-state index in [0.29, 0.717) is 16.4 Å². The van der Waals surface area contributed by atoms with Crippen LogP contribution in [0.25, 0.3) is 6.08 Å². The summed E-state index contributed by atoms with van der Waals surface area (Å²) in [5.74, 6) is -0.806. The van der Waals surface area contributed by atoms with Gasteiger partial charge >= 0.3 is 0 Å². The number of hydrogen-bond acceptors (Lipinski definition) is 7. The van der Waals surface area contributed by atoms with Gasteiger partial charge in [-0.1, -0.05) is 59.4 Å². The summed E-state index contributed by atoms with van der Waals surface area (Å²) in [5, 5.41) is 17.3. The first-order valence-corrected chi connectivity index (χ1v) is 13.4. The highest BCUT2D eigenvalue weighted by atomic mass is 32.2. The predicted octanol–water partition coefficient (Wildman–Crippen LogP) is 5.30. The molecule has 0 saturated carbocycles. The van der Waals surface area contributed by atoms with Gasteiger partial charge in [0.15, 0.2) is 0 Å². The fourth-order valence-corrected chi connectivity index (χ4v) is 4.66. The number of benzene rings is 3. The molecular weight excluding hydrogens is 518 g/mol. The van der Waals surface area contributed by atoms with E-state index in [0.717, 1.165) is 21.0 Å². The molecule has 0 fully saturated rings. The molecule has 0 atom stereocenters. The van der Waals surface area contributed by atoms with E-state index in [4.69, 9.17) is 0 Å². The lowest BCUT2D eigenvalue weighted by molar-refractivity contribution is -0.114. The molecule has 0 aliphatic heterocycles. The molecule has 192 valence electrons. The molecule has 0 bridgehead atoms. The Morgan fingerprint density at radius 3 is 2.34 bits per heavy atom. The average Bonchev–Trinajstić information content (AvgIpc) is 3.32. The van der Waals surface area contributed by atoms with Gasteiger partial charge in [0.1, 0.15) is 10.7 Å². The number of aryl methyl sites for hydroxylation is 2. The number of nitrogens with one attached hydrogen (secondary N) is 3. The molecule has 1 heterocycles. The minimum Gasteiger partial charge on any atom is -0.321 e. The van der Waals surface area contributed by atoms with Gasteiger partial charge in [0.05, 0.1) is 5.75 Å². The second-order valence-electron chi connectivity index (χ2n) is 8.23. The highest BCUT2D eigenvalue weighted by Crippen LogP contribution is 2.22. The summed E-state index contributed by atoms with van der Waals surface area (Å²) < 4.78 is 0. The van der Waals surface area contributed by atoms with Gasteiger partial charge in [-0.3, -0.25) is 19.7 Å². The molecule has 0 aliphatic rings. The molecule has 0 aliphatic carbocycles. The maximum atomic E-state index is 13.2. The summed E-state index contributed by atoms with van der Waals surface area (Å²) >= 11 is 2.68. The number of aromatic nitrogens is 2. The van der Waals surface area contributed by atoms with Crippen molar-refractivity contribution in [2.45, 2.75) is 18.7 Å². The molecule has 3 amide bonds. The minimum atomic E-state index is -0.456. The Bertz CT molecular complexity index is 1470. The molecule has 8 nitrogen and oxygen atoms in total.